The maximum Gasteiger partial charge on any atom is 0.139 e. The number of pyridine rings is 1. The van der Waals surface area contributed by atoms with Gasteiger partial charge in [0.2, 0.25) is 0 Å². The number of anilines is 1. The third-order valence-electron chi connectivity index (χ3n) is 3.23. The van der Waals surface area contributed by atoms with E-state index in [0.29, 0.717) is 6.04 Å². The third kappa shape index (κ3) is 3.33. The summed E-state index contributed by atoms with van der Waals surface area (Å²) in [6, 6.07) is 2.55. The van der Waals surface area contributed by atoms with E-state index < -0.39 is 0 Å². The van der Waals surface area contributed by atoms with E-state index in [1.54, 1.807) is 6.20 Å². The molecule has 0 bridgehead atoms. The van der Waals surface area contributed by atoms with Crippen LogP contribution in [0.2, 0.25) is 0 Å². The van der Waals surface area contributed by atoms with Gasteiger partial charge in [-0.25, -0.2) is 0 Å². The Bertz CT molecular complexity index is 350. The molecule has 4 nitrogen and oxygen atoms in total. The molecule has 1 atom stereocenters. The van der Waals surface area contributed by atoms with Crippen molar-refractivity contribution in [2.24, 2.45) is 0 Å². The average Bonchev–Trinajstić information content (AvgIpc) is 2.89. The minimum atomic E-state index is 0.502. The van der Waals surface area contributed by atoms with Crippen molar-refractivity contribution in [3.63, 3.8) is 0 Å². The maximum absolute atomic E-state index is 5.77. The molecule has 1 aromatic heterocycles. The van der Waals surface area contributed by atoms with Crippen LogP contribution in [-0.4, -0.2) is 37.8 Å². The minimum absolute atomic E-state index is 0.502. The standard InChI is InChI=1S/C13H21N3O/c1-3-16(2)12-7-13(9-14-8-12)17-10-11-5-4-6-15-11/h7-9,11,15H,3-6,10H2,1-2H3. The predicted octanol–water partition coefficient (Wildman–Crippen LogP) is 1.67. The van der Waals surface area contributed by atoms with Gasteiger partial charge in [-0.3, -0.25) is 4.98 Å². The Balaban J connectivity index is 1.91. The highest BCUT2D eigenvalue weighted by Gasteiger charge is 2.14. The van der Waals surface area contributed by atoms with Gasteiger partial charge in [0.05, 0.1) is 18.1 Å². The molecule has 0 aliphatic carbocycles. The van der Waals surface area contributed by atoms with E-state index in [1.165, 1.54) is 12.8 Å². The van der Waals surface area contributed by atoms with E-state index in [4.69, 9.17) is 4.74 Å². The Morgan fingerprint density at radius 2 is 2.41 bits per heavy atom. The molecular weight excluding hydrogens is 214 g/mol. The van der Waals surface area contributed by atoms with Crippen LogP contribution in [0.4, 0.5) is 5.69 Å². The molecule has 1 aliphatic rings. The second kappa shape index (κ2) is 5.87. The minimum Gasteiger partial charge on any atom is -0.490 e. The zero-order valence-corrected chi connectivity index (χ0v) is 10.6. The van der Waals surface area contributed by atoms with E-state index in [2.05, 4.69) is 29.2 Å². The van der Waals surface area contributed by atoms with Crippen molar-refractivity contribution in [1.82, 2.24) is 10.3 Å². The quantitative estimate of drug-likeness (QED) is 0.842. The summed E-state index contributed by atoms with van der Waals surface area (Å²) in [6.07, 6.45) is 6.11. The fraction of sp³-hybridized carbons (Fsp3) is 0.615. The molecule has 0 radical (unpaired) electrons. The topological polar surface area (TPSA) is 37.4 Å². The molecule has 0 aromatic carbocycles. The number of hydrogen-bond donors (Lipinski definition) is 1. The highest BCUT2D eigenvalue weighted by atomic mass is 16.5. The summed E-state index contributed by atoms with van der Waals surface area (Å²) in [5, 5.41) is 3.42. The lowest BCUT2D eigenvalue weighted by Gasteiger charge is -2.17. The van der Waals surface area contributed by atoms with Gasteiger partial charge in [-0.15, -0.1) is 0 Å². The van der Waals surface area contributed by atoms with Gasteiger partial charge in [0.15, 0.2) is 0 Å². The van der Waals surface area contributed by atoms with Crippen molar-refractivity contribution in [3.8, 4) is 5.75 Å². The molecule has 2 heterocycles. The molecular formula is C13H21N3O. The molecule has 1 N–H and O–H groups in total. The van der Waals surface area contributed by atoms with Crippen molar-refractivity contribution in [2.45, 2.75) is 25.8 Å². The highest BCUT2D eigenvalue weighted by Crippen LogP contribution is 2.19. The lowest BCUT2D eigenvalue weighted by atomic mass is 10.2. The monoisotopic (exact) mass is 235 g/mol. The van der Waals surface area contributed by atoms with Gasteiger partial charge in [-0.1, -0.05) is 0 Å². The van der Waals surface area contributed by atoms with Gasteiger partial charge >= 0.3 is 0 Å². The fourth-order valence-electron chi connectivity index (χ4n) is 1.97. The van der Waals surface area contributed by atoms with Crippen LogP contribution in [0.1, 0.15) is 19.8 Å². The Hall–Kier alpha value is -1.29. The lowest BCUT2D eigenvalue weighted by molar-refractivity contribution is 0.276. The molecule has 1 aliphatic heterocycles. The molecule has 1 fully saturated rings. The van der Waals surface area contributed by atoms with Crippen LogP contribution in [-0.2, 0) is 0 Å². The van der Waals surface area contributed by atoms with E-state index in [-0.39, 0.29) is 0 Å². The number of nitrogens with zero attached hydrogens (tertiary/aromatic N) is 2. The van der Waals surface area contributed by atoms with E-state index in [1.807, 2.05) is 12.3 Å². The predicted molar refractivity (Wildman–Crippen MR) is 69.7 cm³/mol. The van der Waals surface area contributed by atoms with Crippen molar-refractivity contribution < 1.29 is 4.74 Å². The first-order valence-electron chi connectivity index (χ1n) is 6.32. The first-order valence-corrected chi connectivity index (χ1v) is 6.32. The molecule has 2 rings (SSSR count). The molecule has 0 saturated carbocycles. The highest BCUT2D eigenvalue weighted by molar-refractivity contribution is 5.47. The largest absolute Gasteiger partial charge is 0.490 e. The Morgan fingerprint density at radius 1 is 1.53 bits per heavy atom. The summed E-state index contributed by atoms with van der Waals surface area (Å²) < 4.78 is 5.77. The molecule has 17 heavy (non-hydrogen) atoms. The Morgan fingerprint density at radius 3 is 3.12 bits per heavy atom. The van der Waals surface area contributed by atoms with Crippen molar-refractivity contribution in [3.05, 3.63) is 18.5 Å². The second-order valence-electron chi connectivity index (χ2n) is 4.50. The van der Waals surface area contributed by atoms with Gasteiger partial charge in [-0.2, -0.15) is 0 Å². The summed E-state index contributed by atoms with van der Waals surface area (Å²) in [5.74, 6) is 0.858. The van der Waals surface area contributed by atoms with Crippen LogP contribution in [0.25, 0.3) is 0 Å². The van der Waals surface area contributed by atoms with Crippen molar-refractivity contribution in [2.75, 3.05) is 31.6 Å². The molecule has 1 aromatic rings. The van der Waals surface area contributed by atoms with Gasteiger partial charge < -0.3 is 15.0 Å². The van der Waals surface area contributed by atoms with Gasteiger partial charge in [0, 0.05) is 25.7 Å². The third-order valence-corrected chi connectivity index (χ3v) is 3.23. The number of nitrogens with one attached hydrogen (secondary N) is 1. The molecule has 94 valence electrons. The zero-order valence-electron chi connectivity index (χ0n) is 10.6. The first kappa shape index (κ1) is 12.2. The first-order chi connectivity index (χ1) is 8.29. The van der Waals surface area contributed by atoms with Crippen LogP contribution < -0.4 is 15.0 Å². The molecule has 1 saturated heterocycles. The normalized spacial score (nSPS) is 19.3. The summed E-state index contributed by atoms with van der Waals surface area (Å²) in [7, 11) is 2.05. The summed E-state index contributed by atoms with van der Waals surface area (Å²) in [4.78, 5) is 6.36. The smallest absolute Gasteiger partial charge is 0.139 e. The van der Waals surface area contributed by atoms with Crippen LogP contribution in [0.15, 0.2) is 18.5 Å². The van der Waals surface area contributed by atoms with E-state index >= 15 is 0 Å². The van der Waals surface area contributed by atoms with Crippen LogP contribution in [0, 0.1) is 0 Å². The number of ether oxygens (including phenoxy) is 1. The molecule has 1 unspecified atom stereocenters. The zero-order chi connectivity index (χ0) is 12.1. The van der Waals surface area contributed by atoms with Gasteiger partial charge in [0.1, 0.15) is 12.4 Å². The molecule has 0 spiro atoms. The summed E-state index contributed by atoms with van der Waals surface area (Å²) >= 11 is 0. The SMILES string of the molecule is CCN(C)c1cncc(OCC2CCCN2)c1. The van der Waals surface area contributed by atoms with Crippen molar-refractivity contribution in [1.29, 1.82) is 0 Å². The lowest BCUT2D eigenvalue weighted by Crippen LogP contribution is -2.28. The van der Waals surface area contributed by atoms with Crippen LogP contribution in [0.5, 0.6) is 5.75 Å². The Kier molecular flexibility index (Phi) is 4.20. The number of rotatable bonds is 5. The number of hydrogen-bond acceptors (Lipinski definition) is 4. The van der Waals surface area contributed by atoms with Crippen LogP contribution >= 0.6 is 0 Å². The van der Waals surface area contributed by atoms with Crippen LogP contribution in [0.3, 0.4) is 0 Å². The average molecular weight is 235 g/mol. The van der Waals surface area contributed by atoms with E-state index in [0.717, 1.165) is 31.1 Å². The molecule has 4 heteroatoms. The molecule has 0 amide bonds. The number of aromatic nitrogens is 1. The fourth-order valence-corrected chi connectivity index (χ4v) is 1.97. The summed E-state index contributed by atoms with van der Waals surface area (Å²) in [6.45, 7) is 4.94. The summed E-state index contributed by atoms with van der Waals surface area (Å²) in [5.41, 5.74) is 1.10. The Labute approximate surface area is 103 Å². The second-order valence-corrected chi connectivity index (χ2v) is 4.50. The maximum atomic E-state index is 5.77. The van der Waals surface area contributed by atoms with E-state index in [9.17, 15) is 0 Å². The van der Waals surface area contributed by atoms with Crippen molar-refractivity contribution >= 4 is 5.69 Å². The van der Waals surface area contributed by atoms with Gasteiger partial charge in [-0.05, 0) is 26.3 Å². The van der Waals surface area contributed by atoms with Gasteiger partial charge in [0.25, 0.3) is 0 Å².